The van der Waals surface area contributed by atoms with Crippen LogP contribution in [0.2, 0.25) is 0 Å². The van der Waals surface area contributed by atoms with Crippen LogP contribution in [0.5, 0.6) is 11.5 Å². The average molecular weight is 272 g/mol. The number of aromatic hydroxyl groups is 1. The third-order valence-corrected chi connectivity index (χ3v) is 2.87. The standard InChI is InChI=1S/C15H13FN2O2/c1-20-14-4-2-3-10(15(14)19)9-18-12-5-6-13(16)11(7-12)8-17/h2-7,18-19H,9H2,1H3. The van der Waals surface area contributed by atoms with Crippen LogP contribution < -0.4 is 10.1 Å². The summed E-state index contributed by atoms with van der Waals surface area (Å²) in [6.07, 6.45) is 0. The van der Waals surface area contributed by atoms with Crippen molar-refractivity contribution >= 4 is 5.69 Å². The van der Waals surface area contributed by atoms with Gasteiger partial charge in [0, 0.05) is 17.8 Å². The van der Waals surface area contributed by atoms with Crippen LogP contribution in [-0.2, 0) is 6.54 Å². The Morgan fingerprint density at radius 2 is 2.15 bits per heavy atom. The molecule has 5 heteroatoms. The van der Waals surface area contributed by atoms with Gasteiger partial charge in [-0.1, -0.05) is 12.1 Å². The van der Waals surface area contributed by atoms with Crippen molar-refractivity contribution in [2.24, 2.45) is 0 Å². The van der Waals surface area contributed by atoms with Crippen LogP contribution in [0.1, 0.15) is 11.1 Å². The predicted molar refractivity (Wildman–Crippen MR) is 73.1 cm³/mol. The molecule has 2 rings (SSSR count). The van der Waals surface area contributed by atoms with E-state index in [4.69, 9.17) is 10.00 Å². The molecule has 0 saturated heterocycles. The lowest BCUT2D eigenvalue weighted by Crippen LogP contribution is -2.01. The van der Waals surface area contributed by atoms with E-state index in [1.165, 1.54) is 25.3 Å². The maximum absolute atomic E-state index is 13.2. The zero-order valence-corrected chi connectivity index (χ0v) is 10.9. The summed E-state index contributed by atoms with van der Waals surface area (Å²) in [4.78, 5) is 0. The molecule has 0 aromatic heterocycles. The van der Waals surface area contributed by atoms with Gasteiger partial charge in [-0.15, -0.1) is 0 Å². The highest BCUT2D eigenvalue weighted by molar-refractivity contribution is 5.52. The Hall–Kier alpha value is -2.74. The minimum absolute atomic E-state index is 0.0233. The lowest BCUT2D eigenvalue weighted by molar-refractivity contribution is 0.371. The first-order chi connectivity index (χ1) is 9.65. The zero-order valence-electron chi connectivity index (χ0n) is 10.9. The van der Waals surface area contributed by atoms with Gasteiger partial charge in [0.15, 0.2) is 11.5 Å². The fourth-order valence-electron chi connectivity index (χ4n) is 1.79. The molecule has 0 aliphatic rings. The molecule has 0 unspecified atom stereocenters. The summed E-state index contributed by atoms with van der Waals surface area (Å²) in [6.45, 7) is 0.333. The van der Waals surface area contributed by atoms with Gasteiger partial charge in [0.05, 0.1) is 12.7 Å². The number of hydrogen-bond donors (Lipinski definition) is 2. The van der Waals surface area contributed by atoms with Crippen LogP contribution in [-0.4, -0.2) is 12.2 Å². The highest BCUT2D eigenvalue weighted by atomic mass is 19.1. The summed E-state index contributed by atoms with van der Waals surface area (Å²) in [7, 11) is 1.48. The Kier molecular flexibility index (Phi) is 4.06. The highest BCUT2D eigenvalue weighted by Gasteiger charge is 2.07. The molecule has 2 aromatic carbocycles. The van der Waals surface area contributed by atoms with Crippen molar-refractivity contribution in [3.8, 4) is 17.6 Å². The molecule has 0 saturated carbocycles. The number of phenols is 1. The number of phenolic OH excluding ortho intramolecular Hbond substituents is 1. The van der Waals surface area contributed by atoms with Crippen LogP contribution in [0.3, 0.4) is 0 Å². The predicted octanol–water partition coefficient (Wildman–Crippen LogP) is 3.02. The number of halogens is 1. The van der Waals surface area contributed by atoms with E-state index >= 15 is 0 Å². The number of anilines is 1. The Morgan fingerprint density at radius 3 is 2.85 bits per heavy atom. The molecule has 0 heterocycles. The molecular weight excluding hydrogens is 259 g/mol. The Labute approximate surface area is 116 Å². The second-order valence-corrected chi connectivity index (χ2v) is 4.13. The normalized spacial score (nSPS) is 9.85. The summed E-state index contributed by atoms with van der Waals surface area (Å²) in [5.41, 5.74) is 1.22. The van der Waals surface area contributed by atoms with E-state index in [1.54, 1.807) is 24.3 Å². The Balaban J connectivity index is 2.15. The monoisotopic (exact) mass is 272 g/mol. The van der Waals surface area contributed by atoms with Gasteiger partial charge < -0.3 is 15.2 Å². The second-order valence-electron chi connectivity index (χ2n) is 4.13. The van der Waals surface area contributed by atoms with E-state index < -0.39 is 5.82 Å². The van der Waals surface area contributed by atoms with Gasteiger partial charge in [-0.2, -0.15) is 5.26 Å². The van der Waals surface area contributed by atoms with Gasteiger partial charge in [-0.3, -0.25) is 0 Å². The number of nitrogens with one attached hydrogen (secondary N) is 1. The summed E-state index contributed by atoms with van der Waals surface area (Å²) >= 11 is 0. The van der Waals surface area contributed by atoms with Gasteiger partial charge in [0.25, 0.3) is 0 Å². The lowest BCUT2D eigenvalue weighted by atomic mass is 10.1. The molecule has 0 fully saturated rings. The van der Waals surface area contributed by atoms with Crippen molar-refractivity contribution < 1.29 is 14.2 Å². The fourth-order valence-corrected chi connectivity index (χ4v) is 1.79. The molecule has 0 amide bonds. The van der Waals surface area contributed by atoms with E-state index in [-0.39, 0.29) is 11.3 Å². The molecule has 0 radical (unpaired) electrons. The van der Waals surface area contributed by atoms with Gasteiger partial charge in [-0.25, -0.2) is 4.39 Å². The fraction of sp³-hybridized carbons (Fsp3) is 0.133. The van der Waals surface area contributed by atoms with Crippen LogP contribution in [0.15, 0.2) is 36.4 Å². The molecular formula is C15H13FN2O2. The largest absolute Gasteiger partial charge is 0.504 e. The number of rotatable bonds is 4. The molecule has 0 aliphatic heterocycles. The minimum Gasteiger partial charge on any atom is -0.504 e. The molecule has 102 valence electrons. The first-order valence-electron chi connectivity index (χ1n) is 5.94. The quantitative estimate of drug-likeness (QED) is 0.898. The van der Waals surface area contributed by atoms with Crippen molar-refractivity contribution in [3.63, 3.8) is 0 Å². The number of hydrogen-bond acceptors (Lipinski definition) is 4. The third-order valence-electron chi connectivity index (χ3n) is 2.87. The van der Waals surface area contributed by atoms with Crippen molar-refractivity contribution in [2.45, 2.75) is 6.54 Å². The van der Waals surface area contributed by atoms with Crippen LogP contribution in [0.4, 0.5) is 10.1 Å². The maximum Gasteiger partial charge on any atom is 0.162 e. The molecule has 0 aliphatic carbocycles. The van der Waals surface area contributed by atoms with E-state index in [0.717, 1.165) is 0 Å². The topological polar surface area (TPSA) is 65.3 Å². The highest BCUT2D eigenvalue weighted by Crippen LogP contribution is 2.29. The summed E-state index contributed by atoms with van der Waals surface area (Å²) in [6, 6.07) is 11.1. The number of benzene rings is 2. The summed E-state index contributed by atoms with van der Waals surface area (Å²) < 4.78 is 18.2. The van der Waals surface area contributed by atoms with E-state index in [1.807, 2.05) is 0 Å². The van der Waals surface area contributed by atoms with Crippen LogP contribution in [0.25, 0.3) is 0 Å². The first kappa shape index (κ1) is 13.7. The third kappa shape index (κ3) is 2.81. The second kappa shape index (κ2) is 5.93. The average Bonchev–Trinajstić information content (AvgIpc) is 2.47. The molecule has 2 N–H and O–H groups in total. The van der Waals surface area contributed by atoms with Gasteiger partial charge >= 0.3 is 0 Å². The maximum atomic E-state index is 13.2. The van der Waals surface area contributed by atoms with E-state index in [2.05, 4.69) is 5.32 Å². The number of ether oxygens (including phenoxy) is 1. The first-order valence-corrected chi connectivity index (χ1v) is 5.94. The number of nitrogens with zero attached hydrogens (tertiary/aromatic N) is 1. The lowest BCUT2D eigenvalue weighted by Gasteiger charge is -2.11. The van der Waals surface area contributed by atoms with Crippen LogP contribution >= 0.6 is 0 Å². The summed E-state index contributed by atoms with van der Waals surface area (Å²) in [5.74, 6) is -0.103. The minimum atomic E-state index is -0.553. The molecule has 20 heavy (non-hydrogen) atoms. The molecule has 0 spiro atoms. The van der Waals surface area contributed by atoms with Crippen molar-refractivity contribution in [1.82, 2.24) is 0 Å². The molecule has 0 atom stereocenters. The number of nitriles is 1. The Morgan fingerprint density at radius 1 is 1.35 bits per heavy atom. The number of methoxy groups -OCH3 is 1. The number of para-hydroxylation sites is 1. The van der Waals surface area contributed by atoms with Crippen molar-refractivity contribution in [3.05, 3.63) is 53.3 Å². The van der Waals surface area contributed by atoms with Crippen molar-refractivity contribution in [1.29, 1.82) is 5.26 Å². The molecule has 4 nitrogen and oxygen atoms in total. The van der Waals surface area contributed by atoms with Gasteiger partial charge in [-0.05, 0) is 24.3 Å². The Bertz CT molecular complexity index is 665. The zero-order chi connectivity index (χ0) is 14.5. The molecule has 2 aromatic rings. The summed E-state index contributed by atoms with van der Waals surface area (Å²) in [5, 5.41) is 21.7. The van der Waals surface area contributed by atoms with Gasteiger partial charge in [0.2, 0.25) is 0 Å². The van der Waals surface area contributed by atoms with E-state index in [9.17, 15) is 9.50 Å². The van der Waals surface area contributed by atoms with Crippen molar-refractivity contribution in [2.75, 3.05) is 12.4 Å². The SMILES string of the molecule is COc1cccc(CNc2ccc(F)c(C#N)c2)c1O. The smallest absolute Gasteiger partial charge is 0.162 e. The molecule has 0 bridgehead atoms. The van der Waals surface area contributed by atoms with Crippen LogP contribution in [0, 0.1) is 17.1 Å². The van der Waals surface area contributed by atoms with E-state index in [0.29, 0.717) is 23.5 Å². The van der Waals surface area contributed by atoms with Gasteiger partial charge in [0.1, 0.15) is 11.9 Å².